The average molecular weight is 501 g/mol. The molecule has 0 bridgehead atoms. The molecule has 0 radical (unpaired) electrons. The fourth-order valence-electron chi connectivity index (χ4n) is 3.82. The first-order valence-electron chi connectivity index (χ1n) is 8.80. The molecule has 1 aliphatic carbocycles. The number of fused-ring (bicyclic) bond motifs is 1. The first kappa shape index (κ1) is 24.4. The van der Waals surface area contributed by atoms with Crippen LogP contribution in [0, 0.1) is 11.3 Å². The minimum absolute atomic E-state index is 0.124. The molecule has 1 aliphatic rings. The molecule has 2 heterocycles. The van der Waals surface area contributed by atoms with Gasteiger partial charge in [0, 0.05) is 6.04 Å². The third-order valence-electron chi connectivity index (χ3n) is 4.89. The van der Waals surface area contributed by atoms with Crippen LogP contribution in [0.2, 0.25) is 0 Å². The topological polar surface area (TPSA) is 229 Å². The quantitative estimate of drug-likeness (QED) is 0.324. The summed E-state index contributed by atoms with van der Waals surface area (Å²) in [6.07, 6.45) is 3.95. The summed E-state index contributed by atoms with van der Waals surface area (Å²) in [5.74, 6) is -0.0229. The van der Waals surface area contributed by atoms with Gasteiger partial charge in [-0.2, -0.15) is 8.62 Å². The lowest BCUT2D eigenvalue weighted by Crippen LogP contribution is -2.21. The number of phosphoric ester groups is 1. The zero-order chi connectivity index (χ0) is 23.2. The van der Waals surface area contributed by atoms with Crippen LogP contribution in [0.1, 0.15) is 32.7 Å². The van der Waals surface area contributed by atoms with Gasteiger partial charge in [0.15, 0.2) is 11.5 Å². The first-order chi connectivity index (χ1) is 14.1. The summed E-state index contributed by atoms with van der Waals surface area (Å²) in [7, 11) is -16.1. The van der Waals surface area contributed by atoms with Crippen LogP contribution in [0.4, 0.5) is 5.82 Å². The predicted octanol–water partition coefficient (Wildman–Crippen LogP) is 1.73. The van der Waals surface area contributed by atoms with Gasteiger partial charge in [-0.25, -0.2) is 28.6 Å². The zero-order valence-corrected chi connectivity index (χ0v) is 19.1. The highest BCUT2D eigenvalue weighted by Gasteiger charge is 2.45. The molecule has 0 amide bonds. The van der Waals surface area contributed by atoms with Crippen LogP contribution in [0.15, 0.2) is 12.7 Å². The number of nitrogens with two attached hydrogens (primary N) is 1. The number of imidazole rings is 1. The Morgan fingerprint density at radius 2 is 1.81 bits per heavy atom. The van der Waals surface area contributed by atoms with Gasteiger partial charge in [0.1, 0.15) is 11.8 Å². The van der Waals surface area contributed by atoms with Gasteiger partial charge in [0.25, 0.3) is 0 Å². The van der Waals surface area contributed by atoms with Crippen molar-refractivity contribution >= 4 is 40.4 Å². The van der Waals surface area contributed by atoms with E-state index in [2.05, 4.69) is 23.6 Å². The van der Waals surface area contributed by atoms with E-state index in [1.54, 1.807) is 6.33 Å². The maximum Gasteiger partial charge on any atom is 0.490 e. The van der Waals surface area contributed by atoms with Crippen molar-refractivity contribution in [2.45, 2.75) is 32.7 Å². The smallest absolute Gasteiger partial charge is 0.382 e. The Kier molecular flexibility index (Phi) is 6.51. The van der Waals surface area contributed by atoms with Crippen molar-refractivity contribution in [1.82, 2.24) is 19.5 Å². The molecule has 6 N–H and O–H groups in total. The van der Waals surface area contributed by atoms with Gasteiger partial charge >= 0.3 is 23.5 Å². The van der Waals surface area contributed by atoms with Gasteiger partial charge in [-0.05, 0) is 24.2 Å². The molecule has 0 aliphatic heterocycles. The van der Waals surface area contributed by atoms with Crippen molar-refractivity contribution in [3.8, 4) is 0 Å². The first-order valence-corrected chi connectivity index (χ1v) is 13.3. The van der Waals surface area contributed by atoms with Crippen molar-refractivity contribution in [3.63, 3.8) is 0 Å². The minimum atomic E-state index is -5.55. The Morgan fingerprint density at radius 3 is 2.45 bits per heavy atom. The maximum atomic E-state index is 12.0. The molecule has 0 spiro atoms. The van der Waals surface area contributed by atoms with E-state index >= 15 is 0 Å². The standard InChI is InChI=1S/C13H22N5O10P3/c1-13(2)4-8(5-26-30(22,23)28-31(24,25)27-29(19,20)21)3-9(13)18-7-17-10-11(14)15-6-16-12(10)18/h6-9H,3-5H2,1-2H3,(H,22,23)(H,24,25)(H2,14,15,16)(H2,19,20,21)/t8-,9+/m0/s1. The Hall–Kier alpha value is -1.24. The van der Waals surface area contributed by atoms with Gasteiger partial charge < -0.3 is 29.9 Å². The molecule has 0 saturated heterocycles. The molecule has 15 nitrogen and oxygen atoms in total. The zero-order valence-electron chi connectivity index (χ0n) is 16.4. The predicted molar refractivity (Wildman–Crippen MR) is 105 cm³/mol. The molecule has 2 unspecified atom stereocenters. The number of aromatic nitrogens is 4. The van der Waals surface area contributed by atoms with Crippen molar-refractivity contribution < 1.29 is 46.4 Å². The second-order valence-electron chi connectivity index (χ2n) is 7.78. The van der Waals surface area contributed by atoms with Crippen molar-refractivity contribution in [2.75, 3.05) is 12.3 Å². The lowest BCUT2D eigenvalue weighted by atomic mass is 9.86. The number of rotatable bonds is 8. The highest BCUT2D eigenvalue weighted by molar-refractivity contribution is 7.66. The molecule has 3 rings (SSSR count). The minimum Gasteiger partial charge on any atom is -0.382 e. The normalized spacial score (nSPS) is 25.4. The fraction of sp³-hybridized carbons (Fsp3) is 0.615. The van der Waals surface area contributed by atoms with E-state index < -0.39 is 23.5 Å². The highest BCUT2D eigenvalue weighted by Crippen LogP contribution is 2.66. The highest BCUT2D eigenvalue weighted by atomic mass is 31.3. The third kappa shape index (κ3) is 5.96. The summed E-state index contributed by atoms with van der Waals surface area (Å²) in [6.45, 7) is 3.64. The van der Waals surface area contributed by atoms with E-state index in [1.165, 1.54) is 6.33 Å². The van der Waals surface area contributed by atoms with Gasteiger partial charge in [-0.3, -0.25) is 4.52 Å². The summed E-state index contributed by atoms with van der Waals surface area (Å²) in [6, 6.07) is -0.124. The van der Waals surface area contributed by atoms with Gasteiger partial charge in [0.2, 0.25) is 0 Å². The number of nitrogen functional groups attached to an aromatic ring is 1. The largest absolute Gasteiger partial charge is 0.490 e. The second-order valence-corrected chi connectivity index (χ2v) is 12.2. The number of hydrogen-bond donors (Lipinski definition) is 5. The molecular weight excluding hydrogens is 479 g/mol. The van der Waals surface area contributed by atoms with Crippen LogP contribution in [0.25, 0.3) is 11.2 Å². The number of nitrogens with zero attached hydrogens (tertiary/aromatic N) is 4. The molecule has 2 aromatic rings. The van der Waals surface area contributed by atoms with E-state index in [1.807, 2.05) is 18.4 Å². The molecule has 1 fully saturated rings. The molecule has 1 saturated carbocycles. The fourth-order valence-corrected chi connectivity index (χ4v) is 6.91. The van der Waals surface area contributed by atoms with E-state index in [9.17, 15) is 23.5 Å². The third-order valence-corrected chi connectivity index (χ3v) is 8.69. The lowest BCUT2D eigenvalue weighted by molar-refractivity contribution is 0.151. The van der Waals surface area contributed by atoms with Crippen LogP contribution in [-0.4, -0.2) is 45.7 Å². The van der Waals surface area contributed by atoms with Gasteiger partial charge in [0.05, 0.1) is 12.9 Å². The summed E-state index contributed by atoms with van der Waals surface area (Å²) >= 11 is 0. The van der Waals surface area contributed by atoms with Crippen molar-refractivity contribution in [2.24, 2.45) is 11.3 Å². The van der Waals surface area contributed by atoms with Crippen molar-refractivity contribution in [1.29, 1.82) is 0 Å². The molecule has 18 heteroatoms. The summed E-state index contributed by atoms with van der Waals surface area (Å²) in [4.78, 5) is 48.4. The lowest BCUT2D eigenvalue weighted by Gasteiger charge is -2.28. The second kappa shape index (κ2) is 8.27. The van der Waals surface area contributed by atoms with Crippen LogP contribution >= 0.6 is 23.5 Å². The Balaban J connectivity index is 1.69. The SMILES string of the molecule is CC1(C)C[C@@H](COP(=O)(O)OP(=O)(O)OP(=O)(O)O)C[C@H]1n1cnc2c(N)ncnc21. The number of anilines is 1. The molecule has 2 aromatic heterocycles. The van der Waals surface area contributed by atoms with Crippen LogP contribution in [0.3, 0.4) is 0 Å². The molecule has 174 valence electrons. The number of hydrogen-bond acceptors (Lipinski definition) is 10. The Bertz CT molecular complexity index is 1120. The van der Waals surface area contributed by atoms with E-state index in [-0.39, 0.29) is 29.8 Å². The van der Waals surface area contributed by atoms with E-state index in [0.29, 0.717) is 24.0 Å². The van der Waals surface area contributed by atoms with Crippen molar-refractivity contribution in [3.05, 3.63) is 12.7 Å². The maximum absolute atomic E-state index is 12.0. The van der Waals surface area contributed by atoms with Gasteiger partial charge in [-0.1, -0.05) is 13.8 Å². The van der Waals surface area contributed by atoms with Gasteiger partial charge in [-0.15, -0.1) is 0 Å². The van der Waals surface area contributed by atoms with Crippen LogP contribution in [-0.2, 0) is 26.8 Å². The molecular formula is C13H22N5O10P3. The average Bonchev–Trinajstić information content (AvgIpc) is 3.10. The summed E-state index contributed by atoms with van der Waals surface area (Å²) in [5, 5.41) is 0. The Labute approximate surface area is 176 Å². The molecule has 0 aromatic carbocycles. The van der Waals surface area contributed by atoms with Crippen LogP contribution in [0.5, 0.6) is 0 Å². The molecule has 31 heavy (non-hydrogen) atoms. The van der Waals surface area contributed by atoms with E-state index in [4.69, 9.17) is 20.0 Å². The van der Waals surface area contributed by atoms with Crippen LogP contribution < -0.4 is 5.73 Å². The molecule has 4 atom stereocenters. The number of phosphoric acid groups is 3. The summed E-state index contributed by atoms with van der Waals surface area (Å²) < 4.78 is 48.1. The Morgan fingerprint density at radius 1 is 1.13 bits per heavy atom. The monoisotopic (exact) mass is 501 g/mol. The van der Waals surface area contributed by atoms with E-state index in [0.717, 1.165) is 0 Å². The summed E-state index contributed by atoms with van der Waals surface area (Å²) in [5.41, 5.74) is 6.51.